The number of hydrogen-bond donors (Lipinski definition) is 1. The van der Waals surface area contributed by atoms with Gasteiger partial charge in [-0.25, -0.2) is 4.98 Å². The number of aryl methyl sites for hydroxylation is 1. The molecule has 120 valence electrons. The van der Waals surface area contributed by atoms with E-state index >= 15 is 0 Å². The predicted molar refractivity (Wildman–Crippen MR) is 90.3 cm³/mol. The fourth-order valence-corrected chi connectivity index (χ4v) is 3.69. The first-order valence-electron chi connectivity index (χ1n) is 7.94. The van der Waals surface area contributed by atoms with Crippen molar-refractivity contribution in [1.29, 1.82) is 0 Å². The van der Waals surface area contributed by atoms with E-state index < -0.39 is 0 Å². The molecule has 0 aliphatic carbocycles. The maximum atomic E-state index is 5.45. The minimum absolute atomic E-state index is 0.145. The van der Waals surface area contributed by atoms with Crippen LogP contribution in [0.1, 0.15) is 51.1 Å². The third-order valence-corrected chi connectivity index (χ3v) is 5.09. The van der Waals surface area contributed by atoms with Gasteiger partial charge in [0.15, 0.2) is 5.13 Å². The molecule has 0 atom stereocenters. The van der Waals surface area contributed by atoms with Crippen molar-refractivity contribution in [2.45, 2.75) is 65.1 Å². The highest BCUT2D eigenvalue weighted by Gasteiger charge is 2.22. The van der Waals surface area contributed by atoms with Gasteiger partial charge in [0, 0.05) is 37.2 Å². The molecule has 1 aromatic heterocycles. The van der Waals surface area contributed by atoms with E-state index in [4.69, 9.17) is 9.72 Å². The van der Waals surface area contributed by atoms with Gasteiger partial charge in [-0.05, 0) is 40.0 Å². The largest absolute Gasteiger partial charge is 0.381 e. The highest BCUT2D eigenvalue weighted by molar-refractivity contribution is 7.15. The van der Waals surface area contributed by atoms with Gasteiger partial charge < -0.3 is 15.0 Å². The van der Waals surface area contributed by atoms with Gasteiger partial charge in [-0.1, -0.05) is 6.92 Å². The molecule has 0 unspecified atom stereocenters. The summed E-state index contributed by atoms with van der Waals surface area (Å²) >= 11 is 1.85. The van der Waals surface area contributed by atoms with E-state index in [1.807, 2.05) is 18.4 Å². The molecule has 0 radical (unpaired) electrons. The van der Waals surface area contributed by atoms with Gasteiger partial charge in [-0.15, -0.1) is 11.3 Å². The summed E-state index contributed by atoms with van der Waals surface area (Å²) in [6.45, 7) is 11.8. The zero-order chi connectivity index (χ0) is 15.5. The Morgan fingerprint density at radius 1 is 1.33 bits per heavy atom. The number of nitrogens with one attached hydrogen (secondary N) is 1. The minimum atomic E-state index is 0.145. The smallest absolute Gasteiger partial charge is 0.185 e. The average molecular weight is 311 g/mol. The molecule has 1 aliphatic heterocycles. The van der Waals surface area contributed by atoms with E-state index in [9.17, 15) is 0 Å². The molecule has 0 amide bonds. The van der Waals surface area contributed by atoms with Gasteiger partial charge in [0.2, 0.25) is 0 Å². The minimum Gasteiger partial charge on any atom is -0.381 e. The van der Waals surface area contributed by atoms with Crippen molar-refractivity contribution in [3.63, 3.8) is 0 Å². The molecule has 2 heterocycles. The first-order chi connectivity index (χ1) is 9.93. The van der Waals surface area contributed by atoms with Crippen LogP contribution in [0.15, 0.2) is 0 Å². The van der Waals surface area contributed by atoms with Crippen LogP contribution in [0.25, 0.3) is 0 Å². The van der Waals surface area contributed by atoms with Crippen molar-refractivity contribution < 1.29 is 4.74 Å². The van der Waals surface area contributed by atoms with Crippen LogP contribution in [-0.2, 0) is 17.7 Å². The number of hydrogen-bond acceptors (Lipinski definition) is 5. The fraction of sp³-hybridized carbons (Fsp3) is 0.812. The van der Waals surface area contributed by atoms with Crippen molar-refractivity contribution in [2.24, 2.45) is 0 Å². The van der Waals surface area contributed by atoms with Crippen LogP contribution in [0.4, 0.5) is 5.13 Å². The van der Waals surface area contributed by atoms with Crippen molar-refractivity contribution in [2.75, 3.05) is 25.1 Å². The average Bonchev–Trinajstić information content (AvgIpc) is 2.88. The molecule has 0 saturated carbocycles. The molecular weight excluding hydrogens is 282 g/mol. The zero-order valence-electron chi connectivity index (χ0n) is 14.0. The lowest BCUT2D eigenvalue weighted by molar-refractivity contribution is 0.0819. The van der Waals surface area contributed by atoms with E-state index in [-0.39, 0.29) is 5.54 Å². The lowest BCUT2D eigenvalue weighted by atomic mass is 10.1. The summed E-state index contributed by atoms with van der Waals surface area (Å²) in [7, 11) is 1.81. The van der Waals surface area contributed by atoms with Gasteiger partial charge in [0.25, 0.3) is 0 Å². The van der Waals surface area contributed by atoms with Crippen molar-refractivity contribution >= 4 is 16.5 Å². The Hall–Kier alpha value is -0.650. The molecule has 1 aromatic rings. The molecule has 0 aromatic carbocycles. The Labute approximate surface area is 132 Å². The second-order valence-electron chi connectivity index (χ2n) is 6.75. The summed E-state index contributed by atoms with van der Waals surface area (Å²) in [6.07, 6.45) is 3.64. The van der Waals surface area contributed by atoms with Crippen LogP contribution >= 0.6 is 11.3 Å². The van der Waals surface area contributed by atoms with Crippen LogP contribution in [0, 0.1) is 0 Å². The molecule has 0 bridgehead atoms. The lowest BCUT2D eigenvalue weighted by Gasteiger charge is -2.30. The predicted octanol–water partition coefficient (Wildman–Crippen LogP) is 3.21. The SMILES string of the molecule is CCc1nc(N2CCC(OC)CC2)sc1CNC(C)(C)C. The van der Waals surface area contributed by atoms with E-state index in [2.05, 4.69) is 37.9 Å². The Morgan fingerprint density at radius 3 is 2.52 bits per heavy atom. The quantitative estimate of drug-likeness (QED) is 0.906. The van der Waals surface area contributed by atoms with E-state index in [0.29, 0.717) is 6.10 Å². The summed E-state index contributed by atoms with van der Waals surface area (Å²) in [5.74, 6) is 0. The number of thiazole rings is 1. The molecule has 1 aliphatic rings. The van der Waals surface area contributed by atoms with E-state index in [0.717, 1.165) is 38.9 Å². The van der Waals surface area contributed by atoms with Crippen LogP contribution in [0.5, 0.6) is 0 Å². The Balaban J connectivity index is 2.03. The van der Waals surface area contributed by atoms with E-state index in [1.165, 1.54) is 15.7 Å². The van der Waals surface area contributed by atoms with Crippen LogP contribution in [-0.4, -0.2) is 36.8 Å². The van der Waals surface area contributed by atoms with Gasteiger partial charge in [-0.2, -0.15) is 0 Å². The fourth-order valence-electron chi connectivity index (χ4n) is 2.55. The molecule has 1 saturated heterocycles. The molecule has 1 N–H and O–H groups in total. The number of rotatable bonds is 5. The molecule has 21 heavy (non-hydrogen) atoms. The highest BCUT2D eigenvalue weighted by atomic mass is 32.1. The lowest BCUT2D eigenvalue weighted by Crippen LogP contribution is -2.36. The Kier molecular flexibility index (Phi) is 5.63. The maximum absolute atomic E-state index is 5.45. The van der Waals surface area contributed by atoms with Gasteiger partial charge in [0.1, 0.15) is 0 Å². The van der Waals surface area contributed by atoms with Gasteiger partial charge in [0.05, 0.1) is 11.8 Å². The third-order valence-electron chi connectivity index (χ3n) is 3.93. The summed E-state index contributed by atoms with van der Waals surface area (Å²) in [4.78, 5) is 8.67. The third kappa shape index (κ3) is 4.66. The number of aromatic nitrogens is 1. The molecule has 0 spiro atoms. The second-order valence-corrected chi connectivity index (χ2v) is 7.81. The Morgan fingerprint density at radius 2 is 2.00 bits per heavy atom. The second kappa shape index (κ2) is 7.07. The number of nitrogens with zero attached hydrogens (tertiary/aromatic N) is 2. The maximum Gasteiger partial charge on any atom is 0.185 e. The summed E-state index contributed by atoms with van der Waals surface area (Å²) in [5.41, 5.74) is 1.40. The normalized spacial score (nSPS) is 17.5. The number of methoxy groups -OCH3 is 1. The van der Waals surface area contributed by atoms with Crippen molar-refractivity contribution in [3.8, 4) is 0 Å². The number of ether oxygens (including phenoxy) is 1. The topological polar surface area (TPSA) is 37.4 Å². The zero-order valence-corrected chi connectivity index (χ0v) is 14.8. The monoisotopic (exact) mass is 311 g/mol. The van der Waals surface area contributed by atoms with Gasteiger partial charge >= 0.3 is 0 Å². The highest BCUT2D eigenvalue weighted by Crippen LogP contribution is 2.29. The number of anilines is 1. The van der Waals surface area contributed by atoms with Crippen LogP contribution in [0.3, 0.4) is 0 Å². The molecular formula is C16H29N3OS. The van der Waals surface area contributed by atoms with Crippen molar-refractivity contribution in [1.82, 2.24) is 10.3 Å². The van der Waals surface area contributed by atoms with Gasteiger partial charge in [-0.3, -0.25) is 0 Å². The van der Waals surface area contributed by atoms with E-state index in [1.54, 1.807) is 0 Å². The molecule has 5 heteroatoms. The summed E-state index contributed by atoms with van der Waals surface area (Å²) in [5, 5.41) is 4.76. The summed E-state index contributed by atoms with van der Waals surface area (Å²) < 4.78 is 5.45. The summed E-state index contributed by atoms with van der Waals surface area (Å²) in [6, 6.07) is 0. The van der Waals surface area contributed by atoms with Crippen LogP contribution < -0.4 is 10.2 Å². The number of piperidine rings is 1. The first-order valence-corrected chi connectivity index (χ1v) is 8.76. The molecule has 1 fully saturated rings. The molecule has 2 rings (SSSR count). The van der Waals surface area contributed by atoms with Crippen LogP contribution in [0.2, 0.25) is 0 Å². The molecule has 4 nitrogen and oxygen atoms in total. The standard InChI is InChI=1S/C16H29N3OS/c1-6-13-14(11-17-16(2,3)4)21-15(18-13)19-9-7-12(20-5)8-10-19/h12,17H,6-11H2,1-5H3. The first kappa shape index (κ1) is 16.7. The van der Waals surface area contributed by atoms with Crippen molar-refractivity contribution in [3.05, 3.63) is 10.6 Å². The Bertz CT molecular complexity index is 445.